The lowest BCUT2D eigenvalue weighted by molar-refractivity contribution is 0.481. The number of sulfone groups is 1. The van der Waals surface area contributed by atoms with Crippen molar-refractivity contribution in [2.45, 2.75) is 29.6 Å². The molecule has 0 aliphatic heterocycles. The van der Waals surface area contributed by atoms with Gasteiger partial charge in [0.25, 0.3) is 0 Å². The third kappa shape index (κ3) is 4.11. The number of para-hydroxylation sites is 1. The first-order valence-corrected chi connectivity index (χ1v) is 10.2. The van der Waals surface area contributed by atoms with Gasteiger partial charge in [0.2, 0.25) is 0 Å². The molecule has 2 aromatic carbocycles. The molecule has 0 atom stereocenters. The second-order valence-corrected chi connectivity index (χ2v) is 9.04. The smallest absolute Gasteiger partial charge is 0.339 e. The third-order valence-electron chi connectivity index (χ3n) is 3.28. The lowest BCUT2D eigenvalue weighted by Crippen LogP contribution is -2.11. The molecule has 5 nitrogen and oxygen atoms in total. The van der Waals surface area contributed by atoms with Crippen molar-refractivity contribution in [2.24, 2.45) is 0 Å². The van der Waals surface area contributed by atoms with Gasteiger partial charge in [0.05, 0.1) is 4.90 Å². The Hall–Kier alpha value is -1.86. The summed E-state index contributed by atoms with van der Waals surface area (Å²) >= 11 is 0. The first-order chi connectivity index (χ1) is 10.6. The van der Waals surface area contributed by atoms with Gasteiger partial charge >= 0.3 is 10.1 Å². The second kappa shape index (κ2) is 6.33. The predicted octanol–water partition coefficient (Wildman–Crippen LogP) is 2.98. The molecule has 0 aromatic heterocycles. The van der Waals surface area contributed by atoms with Gasteiger partial charge in [-0.2, -0.15) is 8.42 Å². The molecule has 0 bridgehead atoms. The van der Waals surface area contributed by atoms with Crippen LogP contribution in [0.15, 0.2) is 58.3 Å². The van der Waals surface area contributed by atoms with Crippen LogP contribution in [0, 0.1) is 0 Å². The SMILES string of the molecule is CC(C)c1ccccc1OS(=O)(=O)c1ccc(S(C)(=O)=O)cc1. The monoisotopic (exact) mass is 354 g/mol. The van der Waals surface area contributed by atoms with Gasteiger partial charge in [-0.25, -0.2) is 8.42 Å². The predicted molar refractivity (Wildman–Crippen MR) is 87.9 cm³/mol. The average Bonchev–Trinajstić information content (AvgIpc) is 2.46. The number of hydrogen-bond donors (Lipinski definition) is 0. The summed E-state index contributed by atoms with van der Waals surface area (Å²) in [6, 6.07) is 11.9. The maximum atomic E-state index is 12.4. The van der Waals surface area contributed by atoms with E-state index in [1.165, 1.54) is 24.3 Å². The first-order valence-electron chi connectivity index (χ1n) is 6.95. The Balaban J connectivity index is 2.37. The minimum atomic E-state index is -4.03. The van der Waals surface area contributed by atoms with Crippen molar-refractivity contribution >= 4 is 20.0 Å². The summed E-state index contributed by atoms with van der Waals surface area (Å²) in [6.07, 6.45) is 1.06. The summed E-state index contributed by atoms with van der Waals surface area (Å²) in [5.74, 6) is 0.378. The molecule has 0 heterocycles. The van der Waals surface area contributed by atoms with Crippen LogP contribution in [0.1, 0.15) is 25.3 Å². The summed E-state index contributed by atoms with van der Waals surface area (Å²) in [4.78, 5) is -0.0394. The van der Waals surface area contributed by atoms with E-state index in [1.807, 2.05) is 26.0 Å². The lowest BCUT2D eigenvalue weighted by atomic mass is 10.0. The Kier molecular flexibility index (Phi) is 4.81. The highest BCUT2D eigenvalue weighted by Crippen LogP contribution is 2.28. The van der Waals surface area contributed by atoms with E-state index in [4.69, 9.17) is 4.18 Å². The largest absolute Gasteiger partial charge is 0.379 e. The molecule has 2 rings (SSSR count). The first kappa shape index (κ1) is 17.5. The van der Waals surface area contributed by atoms with Crippen molar-refractivity contribution in [3.63, 3.8) is 0 Å². The van der Waals surface area contributed by atoms with Crippen LogP contribution in [0.2, 0.25) is 0 Å². The van der Waals surface area contributed by atoms with Crippen molar-refractivity contribution < 1.29 is 21.0 Å². The van der Waals surface area contributed by atoms with E-state index in [9.17, 15) is 16.8 Å². The molecule has 7 heteroatoms. The van der Waals surface area contributed by atoms with Crippen LogP contribution in [0.4, 0.5) is 0 Å². The molecule has 0 aliphatic rings. The minimum Gasteiger partial charge on any atom is -0.379 e. The van der Waals surface area contributed by atoms with Crippen LogP contribution in [0.25, 0.3) is 0 Å². The number of rotatable bonds is 5. The topological polar surface area (TPSA) is 77.5 Å². The van der Waals surface area contributed by atoms with Gasteiger partial charge in [-0.15, -0.1) is 0 Å². The molecular formula is C16H18O5S2. The van der Waals surface area contributed by atoms with Crippen molar-refractivity contribution in [3.05, 3.63) is 54.1 Å². The van der Waals surface area contributed by atoms with Crippen molar-refractivity contribution in [1.82, 2.24) is 0 Å². The van der Waals surface area contributed by atoms with Gasteiger partial charge in [0, 0.05) is 6.26 Å². The van der Waals surface area contributed by atoms with E-state index in [0.717, 1.165) is 11.8 Å². The second-order valence-electron chi connectivity index (χ2n) is 5.47. The van der Waals surface area contributed by atoms with E-state index in [2.05, 4.69) is 0 Å². The fourth-order valence-electron chi connectivity index (χ4n) is 2.05. The van der Waals surface area contributed by atoms with Gasteiger partial charge in [0.15, 0.2) is 9.84 Å². The highest BCUT2D eigenvalue weighted by atomic mass is 32.2. The Bertz CT molecular complexity index is 896. The molecule has 0 N–H and O–H groups in total. The zero-order valence-corrected chi connectivity index (χ0v) is 14.7. The zero-order chi connectivity index (χ0) is 17.3. The maximum absolute atomic E-state index is 12.4. The third-order valence-corrected chi connectivity index (χ3v) is 5.66. The van der Waals surface area contributed by atoms with Gasteiger partial charge < -0.3 is 4.18 Å². The van der Waals surface area contributed by atoms with Crippen molar-refractivity contribution in [1.29, 1.82) is 0 Å². The van der Waals surface area contributed by atoms with Gasteiger partial charge in [-0.1, -0.05) is 32.0 Å². The average molecular weight is 354 g/mol. The molecule has 0 radical (unpaired) electrons. The Labute approximate surface area is 137 Å². The van der Waals surface area contributed by atoms with Crippen molar-refractivity contribution in [3.8, 4) is 5.75 Å². The molecular weight excluding hydrogens is 336 g/mol. The number of hydrogen-bond acceptors (Lipinski definition) is 5. The fourth-order valence-corrected chi connectivity index (χ4v) is 3.64. The summed E-state index contributed by atoms with van der Waals surface area (Å²) < 4.78 is 52.8. The Morgan fingerprint density at radius 3 is 1.87 bits per heavy atom. The normalized spacial score (nSPS) is 12.3. The molecule has 0 unspecified atom stereocenters. The van der Waals surface area contributed by atoms with E-state index in [1.54, 1.807) is 12.1 Å². The Morgan fingerprint density at radius 1 is 0.826 bits per heavy atom. The highest BCUT2D eigenvalue weighted by Gasteiger charge is 2.20. The van der Waals surface area contributed by atoms with Gasteiger partial charge in [-0.3, -0.25) is 0 Å². The van der Waals surface area contributed by atoms with E-state index in [-0.39, 0.29) is 21.5 Å². The van der Waals surface area contributed by atoms with Crippen LogP contribution in [-0.4, -0.2) is 23.1 Å². The standard InChI is InChI=1S/C16H18O5S2/c1-12(2)15-6-4-5-7-16(15)21-23(19,20)14-10-8-13(9-11-14)22(3,17)18/h4-12H,1-3H3. The quantitative estimate of drug-likeness (QED) is 0.772. The fraction of sp³-hybridized carbons (Fsp3) is 0.250. The van der Waals surface area contributed by atoms with Gasteiger partial charge in [0.1, 0.15) is 10.6 Å². The molecule has 0 saturated heterocycles. The minimum absolute atomic E-state index is 0.0547. The van der Waals surface area contributed by atoms with Crippen LogP contribution < -0.4 is 4.18 Å². The van der Waals surface area contributed by atoms with Gasteiger partial charge in [-0.05, 0) is 41.8 Å². The van der Waals surface area contributed by atoms with Crippen LogP contribution in [0.3, 0.4) is 0 Å². The van der Waals surface area contributed by atoms with Crippen LogP contribution in [0.5, 0.6) is 5.75 Å². The summed E-state index contributed by atoms with van der Waals surface area (Å²) in [5, 5.41) is 0. The molecule has 0 fully saturated rings. The summed E-state index contributed by atoms with van der Waals surface area (Å²) in [6.45, 7) is 3.88. The molecule has 23 heavy (non-hydrogen) atoms. The van der Waals surface area contributed by atoms with Crippen LogP contribution >= 0.6 is 0 Å². The molecule has 2 aromatic rings. The van der Waals surface area contributed by atoms with E-state index in [0.29, 0.717) is 0 Å². The zero-order valence-electron chi connectivity index (χ0n) is 13.1. The number of benzene rings is 2. The maximum Gasteiger partial charge on any atom is 0.339 e. The van der Waals surface area contributed by atoms with E-state index < -0.39 is 20.0 Å². The highest BCUT2D eigenvalue weighted by molar-refractivity contribution is 7.90. The molecule has 0 spiro atoms. The summed E-state index contributed by atoms with van der Waals surface area (Å²) in [5.41, 5.74) is 0.781. The van der Waals surface area contributed by atoms with E-state index >= 15 is 0 Å². The van der Waals surface area contributed by atoms with Crippen molar-refractivity contribution in [2.75, 3.05) is 6.26 Å². The lowest BCUT2D eigenvalue weighted by Gasteiger charge is -2.13. The molecule has 0 aliphatic carbocycles. The molecule has 0 amide bonds. The molecule has 0 saturated carbocycles. The molecule has 124 valence electrons. The summed E-state index contributed by atoms with van der Waals surface area (Å²) in [7, 11) is -7.40. The van der Waals surface area contributed by atoms with Crippen LogP contribution in [-0.2, 0) is 20.0 Å². The Morgan fingerprint density at radius 2 is 1.35 bits per heavy atom.